The number of hydrogen-bond donors (Lipinski definition) is 1. The van der Waals surface area contributed by atoms with Gasteiger partial charge in [-0.15, -0.1) is 0 Å². The van der Waals surface area contributed by atoms with E-state index in [9.17, 15) is 4.39 Å². The van der Waals surface area contributed by atoms with Gasteiger partial charge in [-0.1, -0.05) is 26.2 Å². The number of halogens is 1. The Labute approximate surface area is 114 Å². The van der Waals surface area contributed by atoms with Gasteiger partial charge in [-0.3, -0.25) is 0 Å². The first-order valence-corrected chi connectivity index (χ1v) is 7.14. The molecular formula is C16H21FN2. The molecule has 1 saturated carbocycles. The molecule has 1 fully saturated rings. The van der Waals surface area contributed by atoms with E-state index < -0.39 is 0 Å². The van der Waals surface area contributed by atoms with Crippen LogP contribution in [0.3, 0.4) is 0 Å². The summed E-state index contributed by atoms with van der Waals surface area (Å²) in [6.45, 7) is 2.90. The van der Waals surface area contributed by atoms with Crippen molar-refractivity contribution >= 4 is 0 Å². The number of rotatable bonds is 4. The molecule has 2 unspecified atom stereocenters. The molecule has 0 saturated heterocycles. The molecule has 1 aromatic carbocycles. The van der Waals surface area contributed by atoms with Crippen LogP contribution in [0.15, 0.2) is 18.2 Å². The summed E-state index contributed by atoms with van der Waals surface area (Å²) in [5.74, 6) is 0.499. The molecule has 1 N–H and O–H groups in total. The van der Waals surface area contributed by atoms with Crippen LogP contribution in [-0.4, -0.2) is 6.04 Å². The second-order valence-electron chi connectivity index (χ2n) is 5.48. The first-order valence-electron chi connectivity index (χ1n) is 7.14. The molecule has 0 aliphatic heterocycles. The van der Waals surface area contributed by atoms with Gasteiger partial charge in [0.25, 0.3) is 0 Å². The molecule has 3 heteroatoms. The summed E-state index contributed by atoms with van der Waals surface area (Å²) < 4.78 is 13.3. The molecular weight excluding hydrogens is 239 g/mol. The molecule has 0 amide bonds. The fourth-order valence-electron chi connectivity index (χ4n) is 2.93. The van der Waals surface area contributed by atoms with Gasteiger partial charge in [0.2, 0.25) is 0 Å². The van der Waals surface area contributed by atoms with Crippen LogP contribution in [0.4, 0.5) is 4.39 Å². The van der Waals surface area contributed by atoms with E-state index in [4.69, 9.17) is 5.26 Å². The second-order valence-corrected chi connectivity index (χ2v) is 5.48. The minimum Gasteiger partial charge on any atom is -0.310 e. The molecule has 19 heavy (non-hydrogen) atoms. The first kappa shape index (κ1) is 14.0. The SMILES string of the molecule is CCC1CCCC(NCc2cc(F)cc(C#N)c2)C1. The van der Waals surface area contributed by atoms with Crippen LogP contribution in [0.1, 0.15) is 50.2 Å². The van der Waals surface area contributed by atoms with E-state index in [1.165, 1.54) is 44.2 Å². The number of benzene rings is 1. The largest absolute Gasteiger partial charge is 0.310 e. The third-order valence-electron chi connectivity index (χ3n) is 4.04. The van der Waals surface area contributed by atoms with Crippen LogP contribution >= 0.6 is 0 Å². The van der Waals surface area contributed by atoms with Gasteiger partial charge in [0, 0.05) is 12.6 Å². The molecule has 0 bridgehead atoms. The monoisotopic (exact) mass is 260 g/mol. The maximum Gasteiger partial charge on any atom is 0.124 e. The standard InChI is InChI=1S/C16H21FN2/c1-2-12-4-3-5-16(9-12)19-11-14-6-13(10-18)7-15(17)8-14/h6-8,12,16,19H,2-5,9,11H2,1H3. The van der Waals surface area contributed by atoms with Crippen molar-refractivity contribution in [1.29, 1.82) is 5.26 Å². The summed E-state index contributed by atoms with van der Waals surface area (Å²) in [7, 11) is 0. The first-order chi connectivity index (χ1) is 9.21. The summed E-state index contributed by atoms with van der Waals surface area (Å²) in [6, 6.07) is 7.07. The Kier molecular flexibility index (Phi) is 4.93. The molecule has 0 heterocycles. The molecule has 0 radical (unpaired) electrons. The van der Waals surface area contributed by atoms with Crippen LogP contribution in [0, 0.1) is 23.1 Å². The highest BCUT2D eigenvalue weighted by molar-refractivity contribution is 5.33. The van der Waals surface area contributed by atoms with Crippen LogP contribution in [0.2, 0.25) is 0 Å². The highest BCUT2D eigenvalue weighted by atomic mass is 19.1. The van der Waals surface area contributed by atoms with E-state index in [1.54, 1.807) is 6.07 Å². The van der Waals surface area contributed by atoms with E-state index in [0.29, 0.717) is 18.2 Å². The third kappa shape index (κ3) is 4.04. The molecule has 2 nitrogen and oxygen atoms in total. The summed E-state index contributed by atoms with van der Waals surface area (Å²) in [5, 5.41) is 12.3. The van der Waals surface area contributed by atoms with Gasteiger partial charge in [0.1, 0.15) is 5.82 Å². The van der Waals surface area contributed by atoms with Crippen molar-refractivity contribution in [3.05, 3.63) is 35.1 Å². The summed E-state index contributed by atoms with van der Waals surface area (Å²) in [4.78, 5) is 0. The van der Waals surface area contributed by atoms with E-state index in [1.807, 2.05) is 6.07 Å². The lowest BCUT2D eigenvalue weighted by atomic mass is 9.84. The lowest BCUT2D eigenvalue weighted by molar-refractivity contribution is 0.278. The zero-order chi connectivity index (χ0) is 13.7. The Balaban J connectivity index is 1.91. The summed E-state index contributed by atoms with van der Waals surface area (Å²) in [5.41, 5.74) is 1.25. The molecule has 1 aromatic rings. The van der Waals surface area contributed by atoms with Crippen LogP contribution in [0.25, 0.3) is 0 Å². The molecule has 2 rings (SSSR count). The Morgan fingerprint density at radius 3 is 2.95 bits per heavy atom. The smallest absolute Gasteiger partial charge is 0.124 e. The summed E-state index contributed by atoms with van der Waals surface area (Å²) in [6.07, 6.45) is 6.29. The minimum atomic E-state index is -0.328. The van der Waals surface area contributed by atoms with E-state index >= 15 is 0 Å². The van der Waals surface area contributed by atoms with E-state index in [2.05, 4.69) is 12.2 Å². The quantitative estimate of drug-likeness (QED) is 0.894. The van der Waals surface area contributed by atoms with Crippen molar-refractivity contribution in [3.8, 4) is 6.07 Å². The predicted octanol–water partition coefficient (Wildman–Crippen LogP) is 3.76. The van der Waals surface area contributed by atoms with Crippen molar-refractivity contribution in [1.82, 2.24) is 5.32 Å². The van der Waals surface area contributed by atoms with Gasteiger partial charge in [0.15, 0.2) is 0 Å². The van der Waals surface area contributed by atoms with Crippen molar-refractivity contribution in [2.45, 2.75) is 51.6 Å². The van der Waals surface area contributed by atoms with Crippen molar-refractivity contribution in [2.24, 2.45) is 5.92 Å². The summed E-state index contributed by atoms with van der Waals surface area (Å²) >= 11 is 0. The topological polar surface area (TPSA) is 35.8 Å². The van der Waals surface area contributed by atoms with Gasteiger partial charge < -0.3 is 5.32 Å². The van der Waals surface area contributed by atoms with Crippen molar-refractivity contribution in [3.63, 3.8) is 0 Å². The number of hydrogen-bond acceptors (Lipinski definition) is 2. The maximum absolute atomic E-state index is 13.3. The number of nitrogens with zero attached hydrogens (tertiary/aromatic N) is 1. The van der Waals surface area contributed by atoms with Gasteiger partial charge in [-0.05, 0) is 42.5 Å². The van der Waals surface area contributed by atoms with Crippen LogP contribution in [0.5, 0.6) is 0 Å². The Bertz CT molecular complexity index is 464. The van der Waals surface area contributed by atoms with Crippen LogP contribution < -0.4 is 5.32 Å². The van der Waals surface area contributed by atoms with Gasteiger partial charge in [-0.2, -0.15) is 5.26 Å². The molecule has 1 aliphatic rings. The average molecular weight is 260 g/mol. The zero-order valence-corrected chi connectivity index (χ0v) is 11.5. The molecule has 102 valence electrons. The van der Waals surface area contributed by atoms with Crippen molar-refractivity contribution in [2.75, 3.05) is 0 Å². The van der Waals surface area contributed by atoms with Crippen LogP contribution in [-0.2, 0) is 6.54 Å². The second kappa shape index (κ2) is 6.68. The average Bonchev–Trinajstić information content (AvgIpc) is 2.44. The minimum absolute atomic E-state index is 0.328. The predicted molar refractivity (Wildman–Crippen MR) is 74.0 cm³/mol. The highest BCUT2D eigenvalue weighted by Gasteiger charge is 2.20. The van der Waals surface area contributed by atoms with Gasteiger partial charge in [0.05, 0.1) is 11.6 Å². The van der Waals surface area contributed by atoms with Gasteiger partial charge >= 0.3 is 0 Å². The zero-order valence-electron chi connectivity index (χ0n) is 11.5. The molecule has 2 atom stereocenters. The fourth-order valence-corrected chi connectivity index (χ4v) is 2.93. The Morgan fingerprint density at radius 1 is 1.37 bits per heavy atom. The third-order valence-corrected chi connectivity index (χ3v) is 4.04. The lowest BCUT2D eigenvalue weighted by Crippen LogP contribution is -2.33. The van der Waals surface area contributed by atoms with Crippen molar-refractivity contribution < 1.29 is 4.39 Å². The van der Waals surface area contributed by atoms with E-state index in [0.717, 1.165) is 11.5 Å². The lowest BCUT2D eigenvalue weighted by Gasteiger charge is -2.29. The van der Waals surface area contributed by atoms with Gasteiger partial charge in [-0.25, -0.2) is 4.39 Å². The number of nitrogens with one attached hydrogen (secondary N) is 1. The number of nitriles is 1. The highest BCUT2D eigenvalue weighted by Crippen LogP contribution is 2.26. The normalized spacial score (nSPS) is 23.0. The maximum atomic E-state index is 13.3. The Morgan fingerprint density at radius 2 is 2.21 bits per heavy atom. The van der Waals surface area contributed by atoms with E-state index in [-0.39, 0.29) is 5.82 Å². The fraction of sp³-hybridized carbons (Fsp3) is 0.562. The molecule has 0 aromatic heterocycles. The molecule has 1 aliphatic carbocycles. The Hall–Kier alpha value is -1.40. The molecule has 0 spiro atoms.